The summed E-state index contributed by atoms with van der Waals surface area (Å²) in [7, 11) is 0. The number of nitrogens with one attached hydrogen (secondary N) is 1. The number of benzene rings is 1. The molecule has 1 aromatic carbocycles. The second-order valence-electron chi connectivity index (χ2n) is 7.72. The van der Waals surface area contributed by atoms with Gasteiger partial charge in [0.1, 0.15) is 0 Å². The smallest absolute Gasteiger partial charge is 0.318 e. The molecular formula is C20H33N3O2. The highest BCUT2D eigenvalue weighted by atomic mass is 16.3. The standard InChI is InChI=1S/C20H33N3O2/c1-4-12-22-13-10-18(11-14-22)21-19(24)23(16-20(2,3)25)15-17-8-6-5-7-9-17/h5-9,18,25H,4,10-16H2,1-3H3,(H,21,24). The van der Waals surface area contributed by atoms with E-state index in [0.717, 1.165) is 38.0 Å². The lowest BCUT2D eigenvalue weighted by atomic mass is 10.0. The van der Waals surface area contributed by atoms with Crippen molar-refractivity contribution in [2.75, 3.05) is 26.2 Å². The van der Waals surface area contributed by atoms with Crippen molar-refractivity contribution >= 4 is 6.03 Å². The molecule has 0 aromatic heterocycles. The van der Waals surface area contributed by atoms with Crippen LogP contribution in [0.25, 0.3) is 0 Å². The number of piperidine rings is 1. The predicted molar refractivity (Wildman–Crippen MR) is 101 cm³/mol. The number of hydrogen-bond donors (Lipinski definition) is 2. The summed E-state index contributed by atoms with van der Waals surface area (Å²) in [6, 6.07) is 10.1. The van der Waals surface area contributed by atoms with Crippen LogP contribution >= 0.6 is 0 Å². The lowest BCUT2D eigenvalue weighted by Gasteiger charge is -2.35. The number of aliphatic hydroxyl groups is 1. The van der Waals surface area contributed by atoms with Crippen molar-refractivity contribution < 1.29 is 9.90 Å². The summed E-state index contributed by atoms with van der Waals surface area (Å²) in [5, 5.41) is 13.4. The summed E-state index contributed by atoms with van der Waals surface area (Å²) in [4.78, 5) is 17.0. The van der Waals surface area contributed by atoms with Crippen molar-refractivity contribution in [3.8, 4) is 0 Å². The van der Waals surface area contributed by atoms with Crippen LogP contribution in [0.3, 0.4) is 0 Å². The number of carbonyl (C=O) groups is 1. The normalized spacial score (nSPS) is 16.6. The third-order valence-electron chi connectivity index (χ3n) is 4.54. The Balaban J connectivity index is 1.93. The average molecular weight is 348 g/mol. The summed E-state index contributed by atoms with van der Waals surface area (Å²) < 4.78 is 0. The highest BCUT2D eigenvalue weighted by Gasteiger charge is 2.26. The lowest BCUT2D eigenvalue weighted by molar-refractivity contribution is 0.0436. The molecule has 0 radical (unpaired) electrons. The van der Waals surface area contributed by atoms with Crippen LogP contribution < -0.4 is 5.32 Å². The van der Waals surface area contributed by atoms with Gasteiger partial charge in [-0.1, -0.05) is 37.3 Å². The van der Waals surface area contributed by atoms with Gasteiger partial charge in [-0.15, -0.1) is 0 Å². The molecule has 1 aliphatic rings. The van der Waals surface area contributed by atoms with Crippen molar-refractivity contribution in [3.05, 3.63) is 35.9 Å². The van der Waals surface area contributed by atoms with E-state index in [1.807, 2.05) is 30.3 Å². The first-order chi connectivity index (χ1) is 11.9. The van der Waals surface area contributed by atoms with Gasteiger partial charge in [-0.25, -0.2) is 4.79 Å². The average Bonchev–Trinajstić information content (AvgIpc) is 2.56. The Morgan fingerprint density at radius 1 is 1.28 bits per heavy atom. The maximum Gasteiger partial charge on any atom is 0.318 e. The zero-order chi connectivity index (χ0) is 18.3. The number of rotatable bonds is 7. The molecule has 1 aromatic rings. The Labute approximate surface area is 152 Å². The minimum Gasteiger partial charge on any atom is -0.389 e. The molecule has 0 atom stereocenters. The summed E-state index contributed by atoms with van der Waals surface area (Å²) in [5.41, 5.74) is 0.149. The first-order valence-electron chi connectivity index (χ1n) is 9.41. The third kappa shape index (κ3) is 7.04. The highest BCUT2D eigenvalue weighted by Crippen LogP contribution is 2.14. The molecule has 2 amide bonds. The molecule has 2 rings (SSSR count). The SMILES string of the molecule is CCCN1CCC(NC(=O)N(Cc2ccccc2)CC(C)(C)O)CC1. The molecule has 140 valence electrons. The molecule has 5 heteroatoms. The van der Waals surface area contributed by atoms with Gasteiger partial charge in [0.05, 0.1) is 12.1 Å². The van der Waals surface area contributed by atoms with Crippen LogP contribution in [-0.4, -0.2) is 58.8 Å². The summed E-state index contributed by atoms with van der Waals surface area (Å²) in [5.74, 6) is 0. The Bertz CT molecular complexity index is 519. The maximum atomic E-state index is 12.8. The molecule has 1 saturated heterocycles. The molecule has 0 unspecified atom stereocenters. The van der Waals surface area contributed by atoms with Crippen molar-refractivity contribution in [1.29, 1.82) is 0 Å². The van der Waals surface area contributed by atoms with Gasteiger partial charge < -0.3 is 20.2 Å². The Hall–Kier alpha value is -1.59. The van der Waals surface area contributed by atoms with Crippen molar-refractivity contribution in [2.45, 2.75) is 58.2 Å². The van der Waals surface area contributed by atoms with Crippen LogP contribution in [0, 0.1) is 0 Å². The number of urea groups is 1. The monoisotopic (exact) mass is 347 g/mol. The molecule has 2 N–H and O–H groups in total. The number of amides is 2. The minimum absolute atomic E-state index is 0.0834. The zero-order valence-electron chi connectivity index (χ0n) is 15.9. The quantitative estimate of drug-likeness (QED) is 0.797. The van der Waals surface area contributed by atoms with E-state index in [2.05, 4.69) is 17.1 Å². The fourth-order valence-corrected chi connectivity index (χ4v) is 3.35. The van der Waals surface area contributed by atoms with Gasteiger partial charge in [-0.3, -0.25) is 0 Å². The summed E-state index contributed by atoms with van der Waals surface area (Å²) in [6.07, 6.45) is 3.16. The number of carbonyl (C=O) groups excluding carboxylic acids is 1. The summed E-state index contributed by atoms with van der Waals surface area (Å²) >= 11 is 0. The van der Waals surface area contributed by atoms with E-state index in [1.54, 1.807) is 18.7 Å². The Morgan fingerprint density at radius 3 is 2.48 bits per heavy atom. The first kappa shape index (κ1) is 19.7. The second-order valence-corrected chi connectivity index (χ2v) is 7.72. The van der Waals surface area contributed by atoms with Crippen LogP contribution in [0.5, 0.6) is 0 Å². The van der Waals surface area contributed by atoms with Crippen molar-refractivity contribution in [3.63, 3.8) is 0 Å². The fourth-order valence-electron chi connectivity index (χ4n) is 3.35. The van der Waals surface area contributed by atoms with Gasteiger partial charge >= 0.3 is 6.03 Å². The molecule has 25 heavy (non-hydrogen) atoms. The molecule has 1 aliphatic heterocycles. The Kier molecular flexibility index (Phi) is 7.26. The number of likely N-dealkylation sites (tertiary alicyclic amines) is 1. The third-order valence-corrected chi connectivity index (χ3v) is 4.54. The van der Waals surface area contributed by atoms with Crippen LogP contribution in [0.4, 0.5) is 4.79 Å². The van der Waals surface area contributed by atoms with E-state index in [0.29, 0.717) is 13.1 Å². The molecule has 0 aliphatic carbocycles. The van der Waals surface area contributed by atoms with E-state index in [9.17, 15) is 9.90 Å². The van der Waals surface area contributed by atoms with Gasteiger partial charge in [-0.05, 0) is 45.2 Å². The van der Waals surface area contributed by atoms with Crippen LogP contribution in [0.2, 0.25) is 0 Å². The number of hydrogen-bond acceptors (Lipinski definition) is 3. The van der Waals surface area contributed by atoms with E-state index in [1.165, 1.54) is 6.42 Å². The van der Waals surface area contributed by atoms with E-state index in [-0.39, 0.29) is 12.1 Å². The van der Waals surface area contributed by atoms with Gasteiger partial charge in [0.15, 0.2) is 0 Å². The van der Waals surface area contributed by atoms with Crippen LogP contribution in [0.1, 0.15) is 45.6 Å². The molecule has 1 heterocycles. The van der Waals surface area contributed by atoms with Crippen LogP contribution in [0.15, 0.2) is 30.3 Å². The van der Waals surface area contributed by atoms with E-state index in [4.69, 9.17) is 0 Å². The molecule has 5 nitrogen and oxygen atoms in total. The van der Waals surface area contributed by atoms with E-state index >= 15 is 0 Å². The van der Waals surface area contributed by atoms with Gasteiger partial charge in [0, 0.05) is 25.7 Å². The maximum absolute atomic E-state index is 12.8. The second kappa shape index (κ2) is 9.20. The molecule has 0 bridgehead atoms. The zero-order valence-corrected chi connectivity index (χ0v) is 15.9. The summed E-state index contributed by atoms with van der Waals surface area (Å²) in [6.45, 7) is 9.72. The van der Waals surface area contributed by atoms with E-state index < -0.39 is 5.60 Å². The van der Waals surface area contributed by atoms with Crippen LogP contribution in [-0.2, 0) is 6.54 Å². The van der Waals surface area contributed by atoms with Gasteiger partial charge in [0.25, 0.3) is 0 Å². The predicted octanol–water partition coefficient (Wildman–Crippen LogP) is 2.84. The molecule has 0 spiro atoms. The molecule has 1 fully saturated rings. The largest absolute Gasteiger partial charge is 0.389 e. The van der Waals surface area contributed by atoms with Crippen molar-refractivity contribution in [1.82, 2.24) is 15.1 Å². The molecule has 0 saturated carbocycles. The first-order valence-corrected chi connectivity index (χ1v) is 9.41. The lowest BCUT2D eigenvalue weighted by Crippen LogP contribution is -2.51. The minimum atomic E-state index is -0.920. The molecular weight excluding hydrogens is 314 g/mol. The van der Waals surface area contributed by atoms with Gasteiger partial charge in [0.2, 0.25) is 0 Å². The van der Waals surface area contributed by atoms with Crippen molar-refractivity contribution in [2.24, 2.45) is 0 Å². The number of nitrogens with zero attached hydrogens (tertiary/aromatic N) is 2. The Morgan fingerprint density at radius 2 is 1.92 bits per heavy atom. The topological polar surface area (TPSA) is 55.8 Å². The fraction of sp³-hybridized carbons (Fsp3) is 0.650. The highest BCUT2D eigenvalue weighted by molar-refractivity contribution is 5.74. The van der Waals surface area contributed by atoms with Gasteiger partial charge in [-0.2, -0.15) is 0 Å².